The third-order valence-electron chi connectivity index (χ3n) is 2.26. The van der Waals surface area contributed by atoms with Crippen molar-refractivity contribution in [1.29, 1.82) is 0 Å². The summed E-state index contributed by atoms with van der Waals surface area (Å²) in [5.74, 6) is -1.44. The number of carboxylic acid groups (broad SMARTS) is 1. The van der Waals surface area contributed by atoms with Crippen molar-refractivity contribution in [3.8, 4) is 11.4 Å². The van der Waals surface area contributed by atoms with Gasteiger partial charge in [0.1, 0.15) is 5.82 Å². The van der Waals surface area contributed by atoms with Crippen LogP contribution in [0, 0.1) is 5.82 Å². The van der Waals surface area contributed by atoms with E-state index in [9.17, 15) is 9.18 Å². The van der Waals surface area contributed by atoms with E-state index in [1.807, 2.05) is 0 Å². The number of hydrogen-bond acceptors (Lipinski definition) is 4. The van der Waals surface area contributed by atoms with Crippen LogP contribution >= 0.6 is 11.6 Å². The highest BCUT2D eigenvalue weighted by molar-refractivity contribution is 6.33. The minimum atomic E-state index is -0.990. The molecule has 0 radical (unpaired) electrons. The zero-order valence-corrected chi connectivity index (χ0v) is 9.80. The first-order chi connectivity index (χ1) is 8.59. The molecule has 0 saturated carbocycles. The first kappa shape index (κ1) is 12.4. The Labute approximate surface area is 106 Å². The number of hydrogen-bond donors (Lipinski definition) is 1. The van der Waals surface area contributed by atoms with Gasteiger partial charge in [0.15, 0.2) is 5.82 Å². The topological polar surface area (TPSA) is 80.9 Å². The number of halogens is 2. The van der Waals surface area contributed by atoms with Crippen LogP contribution in [0.25, 0.3) is 11.4 Å². The lowest BCUT2D eigenvalue weighted by Gasteiger charge is -2.05. The smallest absolute Gasteiger partial charge is 0.305 e. The Bertz CT molecular complexity index is 567. The van der Waals surface area contributed by atoms with Crippen LogP contribution in [0.2, 0.25) is 5.02 Å². The van der Waals surface area contributed by atoms with Crippen molar-refractivity contribution in [2.24, 2.45) is 0 Å². The zero-order valence-electron chi connectivity index (χ0n) is 9.05. The van der Waals surface area contributed by atoms with Crippen molar-refractivity contribution in [2.75, 3.05) is 0 Å². The second kappa shape index (κ2) is 5.09. The maximum atomic E-state index is 13.7. The molecule has 0 aliphatic carbocycles. The predicted molar refractivity (Wildman–Crippen MR) is 60.5 cm³/mol. The van der Waals surface area contributed by atoms with E-state index in [-0.39, 0.29) is 29.4 Å². The Kier molecular flexibility index (Phi) is 3.52. The van der Waals surface area contributed by atoms with Crippen LogP contribution in [-0.4, -0.2) is 31.3 Å². The van der Waals surface area contributed by atoms with Gasteiger partial charge in [-0.1, -0.05) is 17.7 Å². The summed E-state index contributed by atoms with van der Waals surface area (Å²) < 4.78 is 14.9. The third kappa shape index (κ3) is 2.45. The summed E-state index contributed by atoms with van der Waals surface area (Å²) >= 11 is 5.89. The summed E-state index contributed by atoms with van der Waals surface area (Å²) in [7, 11) is 0. The Morgan fingerprint density at radius 1 is 1.50 bits per heavy atom. The maximum absolute atomic E-state index is 13.7. The Balaban J connectivity index is 2.39. The Hall–Kier alpha value is -2.02. The minimum absolute atomic E-state index is 0.0440. The molecular weight excluding hydrogens is 263 g/mol. The molecule has 0 saturated heterocycles. The fraction of sp³-hybridized carbons (Fsp3) is 0.200. The monoisotopic (exact) mass is 270 g/mol. The number of aliphatic carboxylic acids is 1. The van der Waals surface area contributed by atoms with Crippen LogP contribution in [0.5, 0.6) is 0 Å². The molecule has 2 aromatic rings. The Morgan fingerprint density at radius 2 is 2.28 bits per heavy atom. The molecule has 8 heteroatoms. The number of aryl methyl sites for hydroxylation is 1. The van der Waals surface area contributed by atoms with Crippen molar-refractivity contribution in [2.45, 2.75) is 13.0 Å². The minimum Gasteiger partial charge on any atom is -0.481 e. The molecule has 0 aliphatic rings. The van der Waals surface area contributed by atoms with Gasteiger partial charge in [0.25, 0.3) is 0 Å². The first-order valence-electron chi connectivity index (χ1n) is 5.02. The van der Waals surface area contributed by atoms with Crippen molar-refractivity contribution in [3.63, 3.8) is 0 Å². The first-order valence-corrected chi connectivity index (χ1v) is 5.39. The van der Waals surface area contributed by atoms with Crippen molar-refractivity contribution in [1.82, 2.24) is 20.2 Å². The van der Waals surface area contributed by atoms with Crippen LogP contribution in [-0.2, 0) is 11.3 Å². The van der Waals surface area contributed by atoms with Gasteiger partial charge in [-0.15, -0.1) is 5.10 Å². The van der Waals surface area contributed by atoms with E-state index in [1.54, 1.807) is 0 Å². The zero-order chi connectivity index (χ0) is 13.1. The van der Waals surface area contributed by atoms with E-state index in [0.29, 0.717) is 0 Å². The molecule has 0 fully saturated rings. The van der Waals surface area contributed by atoms with Crippen molar-refractivity contribution >= 4 is 17.6 Å². The number of nitrogens with zero attached hydrogens (tertiary/aromatic N) is 4. The van der Waals surface area contributed by atoms with E-state index < -0.39 is 11.8 Å². The standard InChI is InChI=1S/C10H8ClFN4O2/c11-6-2-1-3-7(12)9(6)10-13-14-15-16(10)5-4-8(17)18/h1-3H,4-5H2,(H,17,18). The van der Waals surface area contributed by atoms with Gasteiger partial charge in [0.2, 0.25) is 0 Å². The molecule has 1 N–H and O–H groups in total. The van der Waals surface area contributed by atoms with E-state index in [0.717, 1.165) is 0 Å². The summed E-state index contributed by atoms with van der Waals surface area (Å²) in [5.41, 5.74) is 0.0644. The van der Waals surface area contributed by atoms with Gasteiger partial charge in [-0.05, 0) is 22.6 Å². The van der Waals surface area contributed by atoms with E-state index in [4.69, 9.17) is 16.7 Å². The molecule has 1 heterocycles. The quantitative estimate of drug-likeness (QED) is 0.913. The number of rotatable bonds is 4. The molecule has 2 rings (SSSR count). The molecule has 0 aliphatic heterocycles. The van der Waals surface area contributed by atoms with Crippen LogP contribution in [0.1, 0.15) is 6.42 Å². The highest BCUT2D eigenvalue weighted by Gasteiger charge is 2.17. The van der Waals surface area contributed by atoms with E-state index in [2.05, 4.69) is 15.5 Å². The lowest BCUT2D eigenvalue weighted by Crippen LogP contribution is -2.08. The van der Waals surface area contributed by atoms with Gasteiger partial charge in [-0.3, -0.25) is 4.79 Å². The summed E-state index contributed by atoms with van der Waals surface area (Å²) in [6.45, 7) is 0.0440. The molecule has 0 amide bonds. The van der Waals surface area contributed by atoms with Gasteiger partial charge in [0, 0.05) is 0 Å². The molecule has 0 bridgehead atoms. The van der Waals surface area contributed by atoms with Crippen molar-refractivity contribution in [3.05, 3.63) is 29.0 Å². The molecule has 18 heavy (non-hydrogen) atoms. The van der Waals surface area contributed by atoms with Gasteiger partial charge in [-0.2, -0.15) is 0 Å². The molecule has 0 unspecified atom stereocenters. The average Bonchev–Trinajstić information content (AvgIpc) is 2.74. The molecule has 94 valence electrons. The average molecular weight is 271 g/mol. The fourth-order valence-corrected chi connectivity index (χ4v) is 1.69. The highest BCUT2D eigenvalue weighted by atomic mass is 35.5. The highest BCUT2D eigenvalue weighted by Crippen LogP contribution is 2.28. The van der Waals surface area contributed by atoms with Crippen LogP contribution in [0.3, 0.4) is 0 Å². The second-order valence-corrected chi connectivity index (χ2v) is 3.87. The molecule has 1 aromatic carbocycles. The van der Waals surface area contributed by atoms with Crippen LogP contribution in [0.15, 0.2) is 18.2 Å². The summed E-state index contributed by atoms with van der Waals surface area (Å²) in [4.78, 5) is 10.5. The number of tetrazole rings is 1. The molecule has 0 spiro atoms. The van der Waals surface area contributed by atoms with Gasteiger partial charge in [-0.25, -0.2) is 9.07 Å². The van der Waals surface area contributed by atoms with Crippen LogP contribution in [0.4, 0.5) is 4.39 Å². The lowest BCUT2D eigenvalue weighted by molar-refractivity contribution is -0.137. The normalized spacial score (nSPS) is 10.6. The molecule has 6 nitrogen and oxygen atoms in total. The third-order valence-corrected chi connectivity index (χ3v) is 2.57. The second-order valence-electron chi connectivity index (χ2n) is 3.47. The number of benzene rings is 1. The Morgan fingerprint density at radius 3 is 2.94 bits per heavy atom. The summed E-state index contributed by atoms with van der Waals surface area (Å²) in [6, 6.07) is 4.21. The van der Waals surface area contributed by atoms with Crippen molar-refractivity contribution < 1.29 is 14.3 Å². The molecule has 0 atom stereocenters. The number of carbonyl (C=O) groups is 1. The fourth-order valence-electron chi connectivity index (χ4n) is 1.45. The molecular formula is C10H8ClFN4O2. The van der Waals surface area contributed by atoms with Gasteiger partial charge in [0.05, 0.1) is 23.6 Å². The SMILES string of the molecule is O=C(O)CCn1nnnc1-c1c(F)cccc1Cl. The van der Waals surface area contributed by atoms with E-state index in [1.165, 1.54) is 22.9 Å². The molecule has 1 aromatic heterocycles. The maximum Gasteiger partial charge on any atom is 0.305 e. The van der Waals surface area contributed by atoms with Crippen LogP contribution < -0.4 is 0 Å². The number of carboxylic acids is 1. The predicted octanol–water partition coefficient (Wildman–Crippen LogP) is 1.61. The summed E-state index contributed by atoms with van der Waals surface area (Å²) in [6.07, 6.45) is -0.163. The largest absolute Gasteiger partial charge is 0.481 e. The summed E-state index contributed by atoms with van der Waals surface area (Å²) in [5, 5.41) is 19.5. The van der Waals surface area contributed by atoms with Gasteiger partial charge >= 0.3 is 5.97 Å². The van der Waals surface area contributed by atoms with Gasteiger partial charge < -0.3 is 5.11 Å². The number of aromatic nitrogens is 4. The van der Waals surface area contributed by atoms with E-state index >= 15 is 0 Å². The lowest BCUT2D eigenvalue weighted by atomic mass is 10.2.